The number of carbonyl (C=O) groups excluding carboxylic acids is 1. The monoisotopic (exact) mass is 319 g/mol. The van der Waals surface area contributed by atoms with E-state index in [0.717, 1.165) is 16.8 Å². The molecule has 1 N–H and O–H groups in total. The van der Waals surface area contributed by atoms with E-state index in [1.54, 1.807) is 12.2 Å². The highest BCUT2D eigenvalue weighted by Crippen LogP contribution is 2.13. The molecular formula is C21H21NO2. The van der Waals surface area contributed by atoms with E-state index in [1.165, 1.54) is 18.2 Å². The molecule has 0 aliphatic carbocycles. The molecule has 0 aromatic heterocycles. The molecule has 0 saturated carbocycles. The molecule has 0 amide bonds. The highest BCUT2D eigenvalue weighted by atomic mass is 16.3. The van der Waals surface area contributed by atoms with Gasteiger partial charge in [-0.3, -0.25) is 4.79 Å². The zero-order valence-corrected chi connectivity index (χ0v) is 13.9. The van der Waals surface area contributed by atoms with E-state index >= 15 is 0 Å². The van der Waals surface area contributed by atoms with Crippen LogP contribution in [-0.2, 0) is 4.79 Å². The van der Waals surface area contributed by atoms with E-state index in [9.17, 15) is 9.90 Å². The molecule has 0 bridgehead atoms. The van der Waals surface area contributed by atoms with Gasteiger partial charge in [0.05, 0.1) is 0 Å². The molecule has 0 heterocycles. The molecule has 24 heavy (non-hydrogen) atoms. The van der Waals surface area contributed by atoms with Crippen molar-refractivity contribution in [2.24, 2.45) is 0 Å². The third kappa shape index (κ3) is 5.61. The van der Waals surface area contributed by atoms with Crippen LogP contribution in [0, 0.1) is 0 Å². The van der Waals surface area contributed by atoms with E-state index in [0.29, 0.717) is 0 Å². The smallest absolute Gasteiger partial charge is 0.182 e. The number of allylic oxidation sites excluding steroid dienone is 3. The van der Waals surface area contributed by atoms with Crippen molar-refractivity contribution < 1.29 is 9.90 Å². The van der Waals surface area contributed by atoms with Gasteiger partial charge >= 0.3 is 0 Å². The molecule has 2 aromatic rings. The summed E-state index contributed by atoms with van der Waals surface area (Å²) in [5.74, 6) is -0.335. The van der Waals surface area contributed by atoms with Crippen LogP contribution in [-0.4, -0.2) is 25.0 Å². The molecule has 0 saturated heterocycles. The minimum absolute atomic E-state index is 0.0727. The summed E-state index contributed by atoms with van der Waals surface area (Å²) in [6, 6.07) is 17.4. The molecular weight excluding hydrogens is 298 g/mol. The van der Waals surface area contributed by atoms with Crippen LogP contribution in [0.4, 0.5) is 5.69 Å². The summed E-state index contributed by atoms with van der Waals surface area (Å²) >= 11 is 0. The van der Waals surface area contributed by atoms with E-state index in [2.05, 4.69) is 0 Å². The molecule has 0 unspecified atom stereocenters. The van der Waals surface area contributed by atoms with Crippen molar-refractivity contribution in [2.45, 2.75) is 0 Å². The third-order valence-corrected chi connectivity index (χ3v) is 3.39. The first-order valence-electron chi connectivity index (χ1n) is 7.68. The number of hydrogen-bond donors (Lipinski definition) is 1. The maximum absolute atomic E-state index is 11.8. The van der Waals surface area contributed by atoms with Crippen LogP contribution in [0.5, 0.6) is 0 Å². The number of anilines is 1. The minimum Gasteiger partial charge on any atom is -0.508 e. The Kier molecular flexibility index (Phi) is 6.15. The molecule has 3 nitrogen and oxygen atoms in total. The Morgan fingerprint density at radius 1 is 0.875 bits per heavy atom. The Labute approximate surface area is 142 Å². The van der Waals surface area contributed by atoms with Gasteiger partial charge in [0.15, 0.2) is 5.78 Å². The number of aliphatic hydroxyl groups is 1. The van der Waals surface area contributed by atoms with Crippen molar-refractivity contribution in [3.8, 4) is 0 Å². The Balaban J connectivity index is 1.97. The fourth-order valence-electron chi connectivity index (χ4n) is 2.05. The number of carbonyl (C=O) groups is 1. The van der Waals surface area contributed by atoms with Crippen LogP contribution in [0.3, 0.4) is 0 Å². The highest BCUT2D eigenvalue weighted by Gasteiger charge is 1.96. The Hall–Kier alpha value is -3.07. The number of benzene rings is 2. The van der Waals surface area contributed by atoms with Crippen molar-refractivity contribution in [1.29, 1.82) is 0 Å². The predicted octanol–water partition coefficient (Wildman–Crippen LogP) is 4.49. The first-order valence-corrected chi connectivity index (χ1v) is 7.68. The lowest BCUT2D eigenvalue weighted by Crippen LogP contribution is -2.07. The van der Waals surface area contributed by atoms with Gasteiger partial charge in [0.25, 0.3) is 0 Å². The average molecular weight is 319 g/mol. The zero-order valence-electron chi connectivity index (χ0n) is 13.9. The lowest BCUT2D eigenvalue weighted by atomic mass is 10.1. The summed E-state index contributed by atoms with van der Waals surface area (Å²) in [7, 11) is 3.95. The summed E-state index contributed by atoms with van der Waals surface area (Å²) in [6.07, 6.45) is 7.63. The van der Waals surface area contributed by atoms with Gasteiger partial charge in [-0.2, -0.15) is 0 Å². The van der Waals surface area contributed by atoms with E-state index in [1.807, 2.05) is 73.6 Å². The van der Waals surface area contributed by atoms with Gasteiger partial charge in [0.2, 0.25) is 0 Å². The largest absolute Gasteiger partial charge is 0.508 e. The molecule has 122 valence electrons. The minimum atomic E-state index is -0.262. The molecule has 0 atom stereocenters. The first-order chi connectivity index (χ1) is 11.5. The Bertz CT molecular complexity index is 754. The molecule has 3 heteroatoms. The number of rotatable bonds is 6. The van der Waals surface area contributed by atoms with Gasteiger partial charge in [-0.15, -0.1) is 0 Å². The summed E-state index contributed by atoms with van der Waals surface area (Å²) in [6.45, 7) is 0. The summed E-state index contributed by atoms with van der Waals surface area (Å²) < 4.78 is 0. The third-order valence-electron chi connectivity index (χ3n) is 3.39. The Morgan fingerprint density at radius 2 is 1.46 bits per heavy atom. The number of aliphatic hydroxyl groups excluding tert-OH is 1. The van der Waals surface area contributed by atoms with Crippen LogP contribution in [0.25, 0.3) is 12.2 Å². The van der Waals surface area contributed by atoms with Crippen molar-refractivity contribution >= 4 is 23.6 Å². The van der Waals surface area contributed by atoms with Crippen molar-refractivity contribution in [1.82, 2.24) is 0 Å². The number of ketones is 1. The summed E-state index contributed by atoms with van der Waals surface area (Å²) in [5, 5.41) is 9.79. The average Bonchev–Trinajstić information content (AvgIpc) is 2.59. The molecule has 2 aromatic carbocycles. The fraction of sp³-hybridized carbons (Fsp3) is 0.0952. The van der Waals surface area contributed by atoms with Crippen molar-refractivity contribution in [3.05, 3.63) is 89.7 Å². The summed E-state index contributed by atoms with van der Waals surface area (Å²) in [5.41, 5.74) is 2.99. The van der Waals surface area contributed by atoms with E-state index in [-0.39, 0.29) is 11.5 Å². The predicted molar refractivity (Wildman–Crippen MR) is 101 cm³/mol. The normalized spacial score (nSPS) is 12.0. The van der Waals surface area contributed by atoms with Crippen LogP contribution in [0.15, 0.2) is 78.6 Å². The van der Waals surface area contributed by atoms with Crippen LogP contribution in [0.1, 0.15) is 11.1 Å². The second-order valence-electron chi connectivity index (χ2n) is 5.53. The number of nitrogens with zero attached hydrogens (tertiary/aromatic N) is 1. The zero-order chi connectivity index (χ0) is 17.4. The first kappa shape index (κ1) is 17.3. The molecule has 0 spiro atoms. The lowest BCUT2D eigenvalue weighted by molar-refractivity contribution is -0.110. The number of hydrogen-bond acceptors (Lipinski definition) is 3. The van der Waals surface area contributed by atoms with Gasteiger partial charge in [0, 0.05) is 25.9 Å². The van der Waals surface area contributed by atoms with Gasteiger partial charge in [-0.1, -0.05) is 54.6 Å². The van der Waals surface area contributed by atoms with Crippen LogP contribution >= 0.6 is 0 Å². The topological polar surface area (TPSA) is 40.5 Å². The van der Waals surface area contributed by atoms with E-state index < -0.39 is 0 Å². The van der Waals surface area contributed by atoms with Crippen molar-refractivity contribution in [3.63, 3.8) is 0 Å². The van der Waals surface area contributed by atoms with Crippen molar-refractivity contribution in [2.75, 3.05) is 19.0 Å². The van der Waals surface area contributed by atoms with Crippen LogP contribution < -0.4 is 4.90 Å². The molecule has 0 aliphatic rings. The standard InChI is InChI=1S/C21H21NO2/c1-22(2)19-12-8-18(9-13-19)11-15-21(24)16-20(23)14-10-17-6-4-3-5-7-17/h3-16,23H,1-2H3/b14-10+,15-11+,20-16-. The van der Waals surface area contributed by atoms with Crippen LogP contribution in [0.2, 0.25) is 0 Å². The second kappa shape index (κ2) is 8.53. The van der Waals surface area contributed by atoms with Gasteiger partial charge in [0.1, 0.15) is 5.76 Å². The van der Waals surface area contributed by atoms with Gasteiger partial charge < -0.3 is 10.0 Å². The lowest BCUT2D eigenvalue weighted by Gasteiger charge is -2.11. The molecule has 0 radical (unpaired) electrons. The maximum atomic E-state index is 11.8. The molecule has 2 rings (SSSR count). The quantitative estimate of drug-likeness (QED) is 0.484. The second-order valence-corrected chi connectivity index (χ2v) is 5.53. The van der Waals surface area contributed by atoms with Gasteiger partial charge in [-0.05, 0) is 35.4 Å². The van der Waals surface area contributed by atoms with Gasteiger partial charge in [-0.25, -0.2) is 0 Å². The molecule has 0 aliphatic heterocycles. The van der Waals surface area contributed by atoms with E-state index in [4.69, 9.17) is 0 Å². The molecule has 0 fully saturated rings. The maximum Gasteiger partial charge on any atom is 0.182 e. The Morgan fingerprint density at radius 3 is 2.08 bits per heavy atom. The fourth-order valence-corrected chi connectivity index (χ4v) is 2.05. The summed E-state index contributed by atoms with van der Waals surface area (Å²) in [4.78, 5) is 13.9. The highest BCUT2D eigenvalue weighted by molar-refractivity contribution is 6.02. The SMILES string of the molecule is CN(C)c1ccc(/C=C/C(=O)/C=C(O)/C=C/c2ccccc2)cc1.